The Labute approximate surface area is 114 Å². The van der Waals surface area contributed by atoms with Crippen LogP contribution in [0.15, 0.2) is 71.7 Å². The first kappa shape index (κ1) is 11.2. The molecule has 0 radical (unpaired) electrons. The molecule has 0 spiro atoms. The molecule has 2 aromatic carbocycles. The van der Waals surface area contributed by atoms with E-state index < -0.39 is 0 Å². The third-order valence-electron chi connectivity index (χ3n) is 2.82. The maximum Gasteiger partial charge on any atom is 0.0991 e. The molecule has 0 saturated carbocycles. The van der Waals surface area contributed by atoms with Crippen molar-refractivity contribution in [1.29, 1.82) is 0 Å². The van der Waals surface area contributed by atoms with E-state index in [4.69, 9.17) is 0 Å². The number of hydrogen-bond donors (Lipinski definition) is 0. The minimum atomic E-state index is 1.08. The Morgan fingerprint density at radius 2 is 1.89 bits per heavy atom. The molecule has 3 aromatic rings. The largest absolute Gasteiger partial charge is 0.306 e. The van der Waals surface area contributed by atoms with Crippen LogP contribution >= 0.6 is 15.9 Å². The van der Waals surface area contributed by atoms with Gasteiger partial charge in [0.1, 0.15) is 0 Å². The van der Waals surface area contributed by atoms with E-state index >= 15 is 0 Å². The zero-order chi connectivity index (χ0) is 12.4. The maximum absolute atomic E-state index is 4.10. The number of imidazole rings is 1. The van der Waals surface area contributed by atoms with Gasteiger partial charge >= 0.3 is 0 Å². The van der Waals surface area contributed by atoms with Gasteiger partial charge in [-0.1, -0.05) is 46.3 Å². The van der Waals surface area contributed by atoms with Crippen molar-refractivity contribution in [2.75, 3.05) is 0 Å². The monoisotopic (exact) mass is 298 g/mol. The smallest absolute Gasteiger partial charge is 0.0991 e. The normalized spacial score (nSPS) is 10.5. The lowest BCUT2D eigenvalue weighted by atomic mass is 10.0. The van der Waals surface area contributed by atoms with Gasteiger partial charge in [0.2, 0.25) is 0 Å². The Balaban J connectivity index is 2.18. The first-order chi connectivity index (χ1) is 8.84. The predicted octanol–water partition coefficient (Wildman–Crippen LogP) is 4.30. The fourth-order valence-corrected chi connectivity index (χ4v) is 2.40. The molecule has 88 valence electrons. The van der Waals surface area contributed by atoms with Crippen molar-refractivity contribution in [3.05, 3.63) is 71.7 Å². The summed E-state index contributed by atoms with van der Waals surface area (Å²) in [5, 5.41) is 0. The van der Waals surface area contributed by atoms with Crippen molar-refractivity contribution < 1.29 is 0 Å². The SMILES string of the molecule is Brc1cccc(-c2ccccc2-n2ccnc2)c1. The molecule has 0 saturated heterocycles. The second kappa shape index (κ2) is 4.78. The lowest BCUT2D eigenvalue weighted by Gasteiger charge is -2.10. The fraction of sp³-hybridized carbons (Fsp3) is 0. The first-order valence-corrected chi connectivity index (χ1v) is 6.47. The highest BCUT2D eigenvalue weighted by Crippen LogP contribution is 2.28. The zero-order valence-corrected chi connectivity index (χ0v) is 11.2. The maximum atomic E-state index is 4.10. The summed E-state index contributed by atoms with van der Waals surface area (Å²) in [6.07, 6.45) is 5.56. The average molecular weight is 299 g/mol. The van der Waals surface area contributed by atoms with E-state index in [1.165, 1.54) is 11.1 Å². The number of halogens is 1. The molecule has 0 aliphatic carbocycles. The molecule has 0 N–H and O–H groups in total. The van der Waals surface area contributed by atoms with E-state index in [0.717, 1.165) is 10.2 Å². The third kappa shape index (κ3) is 2.09. The Morgan fingerprint density at radius 1 is 1.00 bits per heavy atom. The van der Waals surface area contributed by atoms with Crippen LogP contribution in [0.25, 0.3) is 16.8 Å². The molecule has 18 heavy (non-hydrogen) atoms. The summed E-state index contributed by atoms with van der Waals surface area (Å²) in [5.74, 6) is 0. The van der Waals surface area contributed by atoms with Crippen LogP contribution in [-0.4, -0.2) is 9.55 Å². The van der Waals surface area contributed by atoms with Crippen LogP contribution in [0.2, 0.25) is 0 Å². The number of para-hydroxylation sites is 1. The molecule has 3 rings (SSSR count). The second-order valence-corrected chi connectivity index (χ2v) is 4.91. The van der Waals surface area contributed by atoms with Crippen molar-refractivity contribution in [3.8, 4) is 16.8 Å². The number of benzene rings is 2. The number of nitrogens with zero attached hydrogens (tertiary/aromatic N) is 2. The highest BCUT2D eigenvalue weighted by atomic mass is 79.9. The van der Waals surface area contributed by atoms with Crippen LogP contribution < -0.4 is 0 Å². The minimum Gasteiger partial charge on any atom is -0.306 e. The predicted molar refractivity (Wildman–Crippen MR) is 76.7 cm³/mol. The van der Waals surface area contributed by atoms with E-state index in [1.54, 1.807) is 6.20 Å². The zero-order valence-electron chi connectivity index (χ0n) is 9.62. The summed E-state index contributed by atoms with van der Waals surface area (Å²) in [4.78, 5) is 4.10. The average Bonchev–Trinajstić information content (AvgIpc) is 2.92. The Kier molecular flexibility index (Phi) is 2.99. The summed E-state index contributed by atoms with van der Waals surface area (Å²) in [6, 6.07) is 16.6. The van der Waals surface area contributed by atoms with Gasteiger partial charge < -0.3 is 4.57 Å². The van der Waals surface area contributed by atoms with Gasteiger partial charge in [-0.2, -0.15) is 0 Å². The van der Waals surface area contributed by atoms with E-state index in [0.29, 0.717) is 0 Å². The lowest BCUT2D eigenvalue weighted by molar-refractivity contribution is 1.06. The van der Waals surface area contributed by atoms with Crippen molar-refractivity contribution >= 4 is 15.9 Å². The highest BCUT2D eigenvalue weighted by Gasteiger charge is 2.06. The molecule has 0 aliphatic heterocycles. The Bertz CT molecular complexity index is 660. The van der Waals surface area contributed by atoms with Crippen molar-refractivity contribution in [3.63, 3.8) is 0 Å². The molecule has 1 heterocycles. The van der Waals surface area contributed by atoms with Crippen molar-refractivity contribution in [2.24, 2.45) is 0 Å². The van der Waals surface area contributed by atoms with Crippen LogP contribution in [0.4, 0.5) is 0 Å². The number of rotatable bonds is 2. The summed E-state index contributed by atoms with van der Waals surface area (Å²) in [5.41, 5.74) is 3.51. The van der Waals surface area contributed by atoms with E-state index in [9.17, 15) is 0 Å². The van der Waals surface area contributed by atoms with Crippen LogP contribution in [0.1, 0.15) is 0 Å². The molecule has 0 fully saturated rings. The molecule has 2 nitrogen and oxygen atoms in total. The van der Waals surface area contributed by atoms with Gasteiger partial charge in [-0.3, -0.25) is 0 Å². The second-order valence-electron chi connectivity index (χ2n) is 4.00. The molecular weight excluding hydrogens is 288 g/mol. The lowest BCUT2D eigenvalue weighted by Crippen LogP contribution is -1.93. The third-order valence-corrected chi connectivity index (χ3v) is 3.32. The summed E-state index contributed by atoms with van der Waals surface area (Å²) >= 11 is 3.51. The summed E-state index contributed by atoms with van der Waals surface area (Å²) in [6.45, 7) is 0. The first-order valence-electron chi connectivity index (χ1n) is 5.68. The van der Waals surface area contributed by atoms with Crippen LogP contribution in [0.5, 0.6) is 0 Å². The quantitative estimate of drug-likeness (QED) is 0.690. The van der Waals surface area contributed by atoms with Gasteiger partial charge in [-0.05, 0) is 23.8 Å². The molecule has 0 amide bonds. The molecule has 0 atom stereocenters. The highest BCUT2D eigenvalue weighted by molar-refractivity contribution is 9.10. The molecule has 0 unspecified atom stereocenters. The summed E-state index contributed by atoms with van der Waals surface area (Å²) in [7, 11) is 0. The van der Waals surface area contributed by atoms with Gasteiger partial charge in [0.05, 0.1) is 12.0 Å². The van der Waals surface area contributed by atoms with Crippen molar-refractivity contribution in [2.45, 2.75) is 0 Å². The van der Waals surface area contributed by atoms with Gasteiger partial charge in [0.15, 0.2) is 0 Å². The Hall–Kier alpha value is -1.87. The number of hydrogen-bond acceptors (Lipinski definition) is 1. The van der Waals surface area contributed by atoms with E-state index in [2.05, 4.69) is 51.2 Å². The summed E-state index contributed by atoms with van der Waals surface area (Å²) < 4.78 is 3.11. The fourth-order valence-electron chi connectivity index (χ4n) is 2.00. The molecule has 3 heteroatoms. The molecule has 0 bridgehead atoms. The van der Waals surface area contributed by atoms with E-state index in [1.807, 2.05) is 35.3 Å². The van der Waals surface area contributed by atoms with Gasteiger partial charge in [0, 0.05) is 22.4 Å². The van der Waals surface area contributed by atoms with Gasteiger partial charge in [-0.15, -0.1) is 0 Å². The molecule has 0 aliphatic rings. The topological polar surface area (TPSA) is 17.8 Å². The van der Waals surface area contributed by atoms with Crippen molar-refractivity contribution in [1.82, 2.24) is 9.55 Å². The number of aromatic nitrogens is 2. The van der Waals surface area contributed by atoms with Crippen LogP contribution in [-0.2, 0) is 0 Å². The molecule has 1 aromatic heterocycles. The van der Waals surface area contributed by atoms with E-state index in [-0.39, 0.29) is 0 Å². The standard InChI is InChI=1S/C15H11BrN2/c16-13-5-3-4-12(10-13)14-6-1-2-7-15(14)18-9-8-17-11-18/h1-11H. The van der Waals surface area contributed by atoms with Crippen LogP contribution in [0, 0.1) is 0 Å². The molecular formula is C15H11BrN2. The van der Waals surface area contributed by atoms with Gasteiger partial charge in [-0.25, -0.2) is 4.98 Å². The Morgan fingerprint density at radius 3 is 2.67 bits per heavy atom. The van der Waals surface area contributed by atoms with Gasteiger partial charge in [0.25, 0.3) is 0 Å². The minimum absolute atomic E-state index is 1.08. The van der Waals surface area contributed by atoms with Crippen LogP contribution in [0.3, 0.4) is 0 Å².